The highest BCUT2D eigenvalue weighted by Crippen LogP contribution is 2.44. The van der Waals surface area contributed by atoms with E-state index >= 15 is 0 Å². The summed E-state index contributed by atoms with van der Waals surface area (Å²) < 4.78 is 5.52. The second-order valence-electron chi connectivity index (χ2n) is 10.5. The number of alkyl carbamates (subject to hydrolysis) is 1. The molecule has 3 N–H and O–H groups in total. The molecule has 35 heavy (non-hydrogen) atoms. The third-order valence-corrected chi connectivity index (χ3v) is 6.37. The Kier molecular flexibility index (Phi) is 8.54. The molecular weight excluding hydrogens is 444 g/mol. The molecule has 1 aliphatic carbocycles. The van der Waals surface area contributed by atoms with Crippen LogP contribution in [0.25, 0.3) is 11.1 Å². The molecule has 0 bridgehead atoms. The quantitative estimate of drug-likeness (QED) is 0.453. The summed E-state index contributed by atoms with van der Waals surface area (Å²) >= 11 is 0. The van der Waals surface area contributed by atoms with Crippen molar-refractivity contribution in [2.45, 2.75) is 46.5 Å². The van der Waals surface area contributed by atoms with Crippen molar-refractivity contribution in [2.24, 2.45) is 17.3 Å². The number of carbonyl (C=O) groups is 3. The van der Waals surface area contributed by atoms with Gasteiger partial charge in [0.1, 0.15) is 6.61 Å². The van der Waals surface area contributed by atoms with E-state index in [1.165, 1.54) is 11.1 Å². The zero-order chi connectivity index (χ0) is 25.6. The van der Waals surface area contributed by atoms with E-state index in [-0.39, 0.29) is 42.9 Å². The summed E-state index contributed by atoms with van der Waals surface area (Å²) in [5.74, 6) is -2.14. The lowest BCUT2D eigenvalue weighted by atomic mass is 9.84. The van der Waals surface area contributed by atoms with Crippen LogP contribution in [0.4, 0.5) is 4.79 Å². The normalized spacial score (nSPS) is 14.4. The van der Waals surface area contributed by atoms with Crippen molar-refractivity contribution in [3.63, 3.8) is 0 Å². The largest absolute Gasteiger partial charge is 0.481 e. The fourth-order valence-corrected chi connectivity index (χ4v) is 4.56. The average molecular weight is 481 g/mol. The molecule has 188 valence electrons. The van der Waals surface area contributed by atoms with Gasteiger partial charge in [0.05, 0.1) is 5.92 Å². The highest BCUT2D eigenvalue weighted by atomic mass is 16.5. The van der Waals surface area contributed by atoms with Crippen LogP contribution in [0.1, 0.15) is 57.6 Å². The molecule has 0 saturated heterocycles. The zero-order valence-corrected chi connectivity index (χ0v) is 21.0. The summed E-state index contributed by atoms with van der Waals surface area (Å²) in [6.45, 7) is 8.30. The standard InChI is InChI=1S/C28H36N2O5/c1-18(25(31)30-16-19(26(32)33)15-28(2,3)4)13-14-29-27(34)35-17-24-22-11-7-5-9-20(22)21-10-6-8-12-23(21)24/h5-12,18-19,24H,13-17H2,1-4H3,(H,29,34)(H,30,31)(H,32,33). The summed E-state index contributed by atoms with van der Waals surface area (Å²) in [5, 5.41) is 14.9. The fraction of sp³-hybridized carbons (Fsp3) is 0.464. The van der Waals surface area contributed by atoms with Gasteiger partial charge in [0.2, 0.25) is 5.91 Å². The van der Waals surface area contributed by atoms with Gasteiger partial charge < -0.3 is 20.5 Å². The molecule has 7 heteroatoms. The predicted octanol–water partition coefficient (Wildman–Crippen LogP) is 4.80. The Morgan fingerprint density at radius 2 is 1.54 bits per heavy atom. The van der Waals surface area contributed by atoms with E-state index in [1.54, 1.807) is 6.92 Å². The maximum Gasteiger partial charge on any atom is 0.407 e. The topological polar surface area (TPSA) is 105 Å². The van der Waals surface area contributed by atoms with Gasteiger partial charge >= 0.3 is 12.1 Å². The van der Waals surface area contributed by atoms with E-state index in [1.807, 2.05) is 45.0 Å². The van der Waals surface area contributed by atoms with Crippen molar-refractivity contribution in [1.29, 1.82) is 0 Å². The second kappa shape index (κ2) is 11.4. The lowest BCUT2D eigenvalue weighted by Crippen LogP contribution is -2.38. The molecule has 2 amide bonds. The third-order valence-electron chi connectivity index (χ3n) is 6.37. The van der Waals surface area contributed by atoms with Gasteiger partial charge in [0.25, 0.3) is 0 Å². The van der Waals surface area contributed by atoms with E-state index in [9.17, 15) is 19.5 Å². The molecule has 1 aliphatic rings. The summed E-state index contributed by atoms with van der Waals surface area (Å²) in [5.41, 5.74) is 4.50. The highest BCUT2D eigenvalue weighted by molar-refractivity contribution is 5.80. The Hall–Kier alpha value is -3.35. The molecule has 2 unspecified atom stereocenters. The number of carbonyl (C=O) groups excluding carboxylic acids is 2. The summed E-state index contributed by atoms with van der Waals surface area (Å²) in [7, 11) is 0. The van der Waals surface area contributed by atoms with Crippen molar-refractivity contribution in [3.05, 3.63) is 59.7 Å². The molecular formula is C28H36N2O5. The molecule has 0 saturated carbocycles. The van der Waals surface area contributed by atoms with Crippen LogP contribution < -0.4 is 10.6 Å². The van der Waals surface area contributed by atoms with Crippen LogP contribution in [0.2, 0.25) is 0 Å². The summed E-state index contributed by atoms with van der Waals surface area (Å²) in [6, 6.07) is 16.3. The Morgan fingerprint density at radius 1 is 0.971 bits per heavy atom. The van der Waals surface area contributed by atoms with Gasteiger partial charge in [-0.3, -0.25) is 9.59 Å². The summed E-state index contributed by atoms with van der Waals surface area (Å²) in [6.07, 6.45) is 0.378. The van der Waals surface area contributed by atoms with Crippen LogP contribution in [-0.4, -0.2) is 42.8 Å². The molecule has 3 rings (SSSR count). The number of nitrogens with one attached hydrogen (secondary N) is 2. The number of ether oxygens (including phenoxy) is 1. The van der Waals surface area contributed by atoms with Crippen LogP contribution in [-0.2, 0) is 14.3 Å². The van der Waals surface area contributed by atoms with Crippen LogP contribution in [0.15, 0.2) is 48.5 Å². The maximum absolute atomic E-state index is 12.4. The number of carboxylic acids is 1. The minimum Gasteiger partial charge on any atom is -0.481 e. The van der Waals surface area contributed by atoms with E-state index in [0.717, 1.165) is 11.1 Å². The minimum atomic E-state index is -0.912. The van der Waals surface area contributed by atoms with E-state index < -0.39 is 18.0 Å². The molecule has 0 aromatic heterocycles. The number of benzene rings is 2. The first-order chi connectivity index (χ1) is 16.6. The highest BCUT2D eigenvalue weighted by Gasteiger charge is 2.29. The number of rotatable bonds is 10. The smallest absolute Gasteiger partial charge is 0.407 e. The number of hydrogen-bond donors (Lipinski definition) is 3. The Labute approximate surface area is 207 Å². The fourth-order valence-electron chi connectivity index (χ4n) is 4.56. The van der Waals surface area contributed by atoms with Gasteiger partial charge in [0.15, 0.2) is 0 Å². The van der Waals surface area contributed by atoms with E-state index in [0.29, 0.717) is 12.8 Å². The van der Waals surface area contributed by atoms with Crippen molar-refractivity contribution in [1.82, 2.24) is 10.6 Å². The molecule has 0 radical (unpaired) electrons. The second-order valence-corrected chi connectivity index (χ2v) is 10.5. The number of aliphatic carboxylic acids is 1. The first-order valence-corrected chi connectivity index (χ1v) is 12.2. The summed E-state index contributed by atoms with van der Waals surface area (Å²) in [4.78, 5) is 36.2. The minimum absolute atomic E-state index is 0.00636. The van der Waals surface area contributed by atoms with Gasteiger partial charge in [-0.15, -0.1) is 0 Å². The molecule has 0 spiro atoms. The molecule has 2 aromatic carbocycles. The van der Waals surface area contributed by atoms with Crippen molar-refractivity contribution < 1.29 is 24.2 Å². The van der Waals surface area contributed by atoms with Crippen LogP contribution in [0.3, 0.4) is 0 Å². The first kappa shape index (κ1) is 26.3. The number of hydrogen-bond acceptors (Lipinski definition) is 4. The predicted molar refractivity (Wildman–Crippen MR) is 135 cm³/mol. The van der Waals surface area contributed by atoms with Crippen LogP contribution >= 0.6 is 0 Å². The zero-order valence-electron chi connectivity index (χ0n) is 21.0. The third kappa shape index (κ3) is 7.07. The lowest BCUT2D eigenvalue weighted by molar-refractivity contribution is -0.142. The van der Waals surface area contributed by atoms with Crippen molar-refractivity contribution in [2.75, 3.05) is 19.7 Å². The molecule has 2 aromatic rings. The van der Waals surface area contributed by atoms with Gasteiger partial charge in [0, 0.05) is 24.9 Å². The number of amides is 2. The van der Waals surface area contributed by atoms with Crippen molar-refractivity contribution >= 4 is 18.0 Å². The first-order valence-electron chi connectivity index (χ1n) is 12.2. The Morgan fingerprint density at radius 3 is 2.09 bits per heavy atom. The molecule has 7 nitrogen and oxygen atoms in total. The molecule has 0 fully saturated rings. The van der Waals surface area contributed by atoms with E-state index in [2.05, 4.69) is 34.9 Å². The Bertz CT molecular complexity index is 1010. The van der Waals surface area contributed by atoms with Gasteiger partial charge in [-0.25, -0.2) is 4.79 Å². The van der Waals surface area contributed by atoms with Gasteiger partial charge in [-0.1, -0.05) is 76.2 Å². The van der Waals surface area contributed by atoms with Gasteiger partial charge in [-0.2, -0.15) is 0 Å². The van der Waals surface area contributed by atoms with Crippen LogP contribution in [0.5, 0.6) is 0 Å². The van der Waals surface area contributed by atoms with Crippen LogP contribution in [0, 0.1) is 17.3 Å². The number of fused-ring (bicyclic) bond motifs is 3. The maximum atomic E-state index is 12.4. The Balaban J connectivity index is 1.42. The van der Waals surface area contributed by atoms with E-state index in [4.69, 9.17) is 4.74 Å². The average Bonchev–Trinajstić information content (AvgIpc) is 3.13. The SMILES string of the molecule is CC(CCNC(=O)OCC1c2ccccc2-c2ccccc21)C(=O)NCC(CC(C)(C)C)C(=O)O. The lowest BCUT2D eigenvalue weighted by Gasteiger charge is -2.24. The van der Waals surface area contributed by atoms with Gasteiger partial charge in [-0.05, 0) is 40.5 Å². The van der Waals surface area contributed by atoms with Crippen molar-refractivity contribution in [3.8, 4) is 11.1 Å². The molecule has 0 aliphatic heterocycles. The molecule has 2 atom stereocenters. The number of carboxylic acid groups (broad SMARTS) is 1. The monoisotopic (exact) mass is 480 g/mol. The molecule has 0 heterocycles.